The van der Waals surface area contributed by atoms with E-state index in [1.807, 2.05) is 6.92 Å². The molecule has 0 fully saturated rings. The third-order valence-electron chi connectivity index (χ3n) is 1.07. The van der Waals surface area contributed by atoms with Crippen LogP contribution in [0.15, 0.2) is 0 Å². The number of nitrogens with zero attached hydrogens (tertiary/aromatic N) is 4. The van der Waals surface area contributed by atoms with Crippen LogP contribution >= 0.6 is 33.1 Å². The van der Waals surface area contributed by atoms with Gasteiger partial charge in [0.15, 0.2) is 0 Å². The minimum Gasteiger partial charge on any atom is -0.132 e. The molecule has 0 bridgehead atoms. The van der Waals surface area contributed by atoms with E-state index in [1.54, 1.807) is 0 Å². The SMILES string of the molecule is Cc1nnnnc1P(P)PP. The fourth-order valence-corrected chi connectivity index (χ4v) is 4.00. The van der Waals surface area contributed by atoms with Gasteiger partial charge < -0.3 is 0 Å². The van der Waals surface area contributed by atoms with E-state index >= 15 is 0 Å². The van der Waals surface area contributed by atoms with Gasteiger partial charge in [-0.15, -0.1) is 28.1 Å². The first-order chi connectivity index (χ1) is 5.25. The first kappa shape index (κ1) is 9.75. The van der Waals surface area contributed by atoms with Gasteiger partial charge in [0.25, 0.3) is 0 Å². The number of aryl methyl sites for hydroxylation is 1. The van der Waals surface area contributed by atoms with Crippen molar-refractivity contribution in [1.29, 1.82) is 0 Å². The van der Waals surface area contributed by atoms with Crippen molar-refractivity contribution in [3.05, 3.63) is 5.69 Å². The summed E-state index contributed by atoms with van der Waals surface area (Å²) in [6.45, 7) is 1.90. The zero-order valence-corrected chi connectivity index (χ0v) is 10.1. The molecule has 1 rings (SSSR count). The molecular formula is C3H8N4P4. The van der Waals surface area contributed by atoms with Gasteiger partial charge in [0, 0.05) is 0 Å². The molecule has 0 radical (unpaired) electrons. The van der Waals surface area contributed by atoms with E-state index in [9.17, 15) is 0 Å². The average molecular weight is 224 g/mol. The second-order valence-corrected chi connectivity index (χ2v) is 10.9. The van der Waals surface area contributed by atoms with Crippen LogP contribution in [0.1, 0.15) is 5.69 Å². The Balaban J connectivity index is 2.93. The van der Waals surface area contributed by atoms with Gasteiger partial charge in [0.2, 0.25) is 0 Å². The molecule has 0 aliphatic heterocycles. The topological polar surface area (TPSA) is 51.6 Å². The number of aromatic nitrogens is 4. The van der Waals surface area contributed by atoms with E-state index < -0.39 is 0 Å². The molecule has 60 valence electrons. The minimum absolute atomic E-state index is 0.263. The highest BCUT2D eigenvalue weighted by atomic mass is 32.6. The molecule has 0 N–H and O–H groups in total. The Kier molecular flexibility index (Phi) is 4.10. The van der Waals surface area contributed by atoms with Crippen LogP contribution in [0, 0.1) is 6.92 Å². The van der Waals surface area contributed by atoms with Crippen molar-refractivity contribution in [2.24, 2.45) is 0 Å². The lowest BCUT2D eigenvalue weighted by Gasteiger charge is -2.06. The number of rotatable bonds is 2. The maximum absolute atomic E-state index is 3.93. The summed E-state index contributed by atoms with van der Waals surface area (Å²) < 4.78 is 0. The van der Waals surface area contributed by atoms with Crippen LogP contribution in [0.4, 0.5) is 0 Å². The molecule has 0 aliphatic rings. The molecule has 11 heavy (non-hydrogen) atoms. The van der Waals surface area contributed by atoms with Crippen molar-refractivity contribution in [2.45, 2.75) is 6.92 Å². The molecule has 8 heteroatoms. The van der Waals surface area contributed by atoms with Gasteiger partial charge in [-0.3, -0.25) is 0 Å². The average Bonchev–Trinajstić information content (AvgIpc) is 2.04. The molecule has 0 spiro atoms. The molecule has 1 aromatic heterocycles. The monoisotopic (exact) mass is 224 g/mol. The molecule has 1 heterocycles. The molecule has 1 aromatic rings. The lowest BCUT2D eigenvalue weighted by atomic mass is 10.6. The van der Waals surface area contributed by atoms with E-state index in [4.69, 9.17) is 0 Å². The Morgan fingerprint density at radius 1 is 1.36 bits per heavy atom. The first-order valence-corrected chi connectivity index (χ1v) is 9.40. The fourth-order valence-electron chi connectivity index (χ4n) is 0.550. The van der Waals surface area contributed by atoms with Gasteiger partial charge >= 0.3 is 0 Å². The molecular weight excluding hydrogens is 216 g/mol. The molecule has 0 aromatic carbocycles. The van der Waals surface area contributed by atoms with Crippen LogP contribution < -0.4 is 5.44 Å². The molecule has 0 aliphatic carbocycles. The first-order valence-electron chi connectivity index (χ1n) is 2.79. The quantitative estimate of drug-likeness (QED) is 0.699. The summed E-state index contributed by atoms with van der Waals surface area (Å²) >= 11 is 0. The minimum atomic E-state index is -0.263. The summed E-state index contributed by atoms with van der Waals surface area (Å²) in [4.78, 5) is 0. The van der Waals surface area contributed by atoms with Crippen molar-refractivity contribution >= 4 is 38.5 Å². The Hall–Kier alpha value is 0.660. The second-order valence-electron chi connectivity index (χ2n) is 1.79. The Morgan fingerprint density at radius 3 is 2.55 bits per heavy atom. The zero-order chi connectivity index (χ0) is 8.27. The molecule has 0 amide bonds. The fraction of sp³-hybridized carbons (Fsp3) is 0.333. The molecule has 4 unspecified atom stereocenters. The summed E-state index contributed by atoms with van der Waals surface area (Å²) in [5, 5.41) is 14.7. The second kappa shape index (κ2) is 4.63. The highest BCUT2D eigenvalue weighted by molar-refractivity contribution is 8.63. The molecule has 4 atom stereocenters. The van der Waals surface area contributed by atoms with E-state index in [0.717, 1.165) is 19.1 Å². The third kappa shape index (κ3) is 2.56. The van der Waals surface area contributed by atoms with Gasteiger partial charge in [-0.1, -0.05) is 7.96 Å². The lowest BCUT2D eigenvalue weighted by Crippen LogP contribution is -2.12. The molecule has 0 saturated carbocycles. The predicted molar refractivity (Wildman–Crippen MR) is 56.6 cm³/mol. The van der Waals surface area contributed by atoms with Crippen molar-refractivity contribution in [3.63, 3.8) is 0 Å². The smallest absolute Gasteiger partial charge is 0.119 e. The zero-order valence-electron chi connectivity index (χ0n) is 5.89. The summed E-state index contributed by atoms with van der Waals surface area (Å²) in [7, 11) is 5.99. The summed E-state index contributed by atoms with van der Waals surface area (Å²) in [5.41, 5.74) is 1.87. The highest BCUT2D eigenvalue weighted by Crippen LogP contribution is 2.64. The van der Waals surface area contributed by atoms with Gasteiger partial charge in [-0.25, -0.2) is 0 Å². The number of hydrogen-bond acceptors (Lipinski definition) is 4. The Labute approximate surface area is 72.3 Å². The van der Waals surface area contributed by atoms with E-state index in [-0.39, 0.29) is 7.30 Å². The Bertz CT molecular complexity index is 243. The van der Waals surface area contributed by atoms with Gasteiger partial charge in [0.1, 0.15) is 5.44 Å². The van der Waals surface area contributed by atoms with Crippen molar-refractivity contribution in [1.82, 2.24) is 20.6 Å². The largest absolute Gasteiger partial charge is 0.132 e. The summed E-state index contributed by atoms with van der Waals surface area (Å²) in [6, 6.07) is 0. The van der Waals surface area contributed by atoms with E-state index in [1.165, 1.54) is 0 Å². The van der Waals surface area contributed by atoms with Crippen LogP contribution in [0.2, 0.25) is 0 Å². The summed E-state index contributed by atoms with van der Waals surface area (Å²) in [5.74, 6) is 0. The van der Waals surface area contributed by atoms with E-state index in [0.29, 0.717) is 0 Å². The molecule has 0 saturated heterocycles. The van der Waals surface area contributed by atoms with E-state index in [2.05, 4.69) is 38.5 Å². The Morgan fingerprint density at radius 2 is 2.00 bits per heavy atom. The maximum Gasteiger partial charge on any atom is 0.119 e. The number of hydrogen-bond donors (Lipinski definition) is 0. The van der Waals surface area contributed by atoms with Gasteiger partial charge in [-0.05, 0) is 24.6 Å². The maximum atomic E-state index is 3.93. The highest BCUT2D eigenvalue weighted by Gasteiger charge is 2.08. The van der Waals surface area contributed by atoms with Crippen molar-refractivity contribution in [3.8, 4) is 0 Å². The van der Waals surface area contributed by atoms with Gasteiger partial charge in [0.05, 0.1) is 5.69 Å². The van der Waals surface area contributed by atoms with Crippen LogP contribution in [0.25, 0.3) is 0 Å². The lowest BCUT2D eigenvalue weighted by molar-refractivity contribution is 0.759. The normalized spacial score (nSPS) is 14.1. The van der Waals surface area contributed by atoms with Crippen LogP contribution in [0.3, 0.4) is 0 Å². The predicted octanol–water partition coefficient (Wildman–Crippen LogP) is 0.856. The molecule has 4 nitrogen and oxygen atoms in total. The summed E-state index contributed by atoms with van der Waals surface area (Å²) in [6.07, 6.45) is 0. The third-order valence-corrected chi connectivity index (χ3v) is 10.9. The van der Waals surface area contributed by atoms with Crippen LogP contribution in [-0.4, -0.2) is 20.6 Å². The van der Waals surface area contributed by atoms with Crippen LogP contribution in [-0.2, 0) is 0 Å². The van der Waals surface area contributed by atoms with Gasteiger partial charge in [-0.2, -0.15) is 0 Å². The van der Waals surface area contributed by atoms with Crippen molar-refractivity contribution < 1.29 is 0 Å². The standard InChI is InChI=1S/C3H8N4P4/c1-2-3(11(9)10-8)5-7-6-4-2/h10H,8-9H2,1H3. The van der Waals surface area contributed by atoms with Crippen LogP contribution in [0.5, 0.6) is 0 Å². The van der Waals surface area contributed by atoms with Crippen molar-refractivity contribution in [2.75, 3.05) is 0 Å².